The van der Waals surface area contributed by atoms with E-state index in [-0.39, 0.29) is 37.6 Å². The molecule has 4 aromatic carbocycles. The van der Waals surface area contributed by atoms with Crippen molar-refractivity contribution in [2.24, 2.45) is 0 Å². The maximum absolute atomic E-state index is 13.1. The van der Waals surface area contributed by atoms with Crippen LogP contribution >= 0.6 is 0 Å². The van der Waals surface area contributed by atoms with Crippen LogP contribution in [0.5, 0.6) is 0 Å². The Bertz CT molecular complexity index is 1690. The number of fused-ring (bicyclic) bond motifs is 1. The van der Waals surface area contributed by atoms with Gasteiger partial charge in [-0.05, 0) is 71.8 Å². The third kappa shape index (κ3) is 7.17. The molecule has 0 atom stereocenters. The number of carbonyl (C=O) groups excluding carboxylic acids is 2. The Morgan fingerprint density at radius 2 is 1.23 bits per heavy atom. The minimum Gasteiger partial charge on any atom is -0.395 e. The summed E-state index contributed by atoms with van der Waals surface area (Å²) < 4.78 is 0. The summed E-state index contributed by atoms with van der Waals surface area (Å²) in [6.45, 7) is 0.912. The third-order valence-corrected chi connectivity index (χ3v) is 7.50. The number of imidazole rings is 1. The Hall–Kier alpha value is -4.79. The molecule has 8 heteroatoms. The number of anilines is 2. The fourth-order valence-electron chi connectivity index (χ4n) is 5.07. The minimum absolute atomic E-state index is 0.00198. The Morgan fingerprint density at radius 1 is 0.698 bits per heavy atom. The lowest BCUT2D eigenvalue weighted by atomic mass is 9.98. The molecule has 5 aromatic rings. The van der Waals surface area contributed by atoms with Crippen LogP contribution < -0.4 is 9.80 Å². The predicted molar refractivity (Wildman–Crippen MR) is 171 cm³/mol. The van der Waals surface area contributed by atoms with Gasteiger partial charge in [-0.15, -0.1) is 0 Å². The van der Waals surface area contributed by atoms with E-state index >= 15 is 0 Å². The average molecular weight is 577 g/mol. The average Bonchev–Trinajstić information content (AvgIpc) is 3.45. The fraction of sp³-hybridized carbons (Fsp3) is 0.229. The van der Waals surface area contributed by atoms with Gasteiger partial charge in [0.2, 0.25) is 0 Å². The Kier molecular flexibility index (Phi) is 9.29. The van der Waals surface area contributed by atoms with Crippen LogP contribution in [0.3, 0.4) is 0 Å². The highest BCUT2D eigenvalue weighted by Crippen LogP contribution is 2.25. The van der Waals surface area contributed by atoms with E-state index in [1.54, 1.807) is 12.1 Å². The van der Waals surface area contributed by atoms with E-state index in [0.29, 0.717) is 24.2 Å². The summed E-state index contributed by atoms with van der Waals surface area (Å²) in [4.78, 5) is 37.8. The molecule has 0 saturated carbocycles. The second kappa shape index (κ2) is 13.5. The van der Waals surface area contributed by atoms with E-state index in [2.05, 4.69) is 4.98 Å². The van der Waals surface area contributed by atoms with E-state index in [1.165, 1.54) is 0 Å². The van der Waals surface area contributed by atoms with Gasteiger partial charge in [-0.2, -0.15) is 0 Å². The first-order valence-corrected chi connectivity index (χ1v) is 14.3. The van der Waals surface area contributed by atoms with Crippen LogP contribution in [0.1, 0.15) is 31.8 Å². The number of aliphatic hydroxyl groups is 2. The Labute approximate surface area is 251 Å². The monoisotopic (exact) mass is 576 g/mol. The second-order valence-corrected chi connectivity index (χ2v) is 10.8. The summed E-state index contributed by atoms with van der Waals surface area (Å²) in [7, 11) is 3.92. The molecule has 43 heavy (non-hydrogen) atoms. The molecule has 0 spiro atoms. The smallest absolute Gasteiger partial charge is 0.167 e. The van der Waals surface area contributed by atoms with Crippen molar-refractivity contribution in [1.29, 1.82) is 0 Å². The summed E-state index contributed by atoms with van der Waals surface area (Å²) in [5.41, 5.74) is 7.55. The molecular formula is C35H36N4O4. The maximum Gasteiger partial charge on any atom is 0.167 e. The number of Topliss-reactive ketones (excluding diaryl/α,β-unsaturated/α-hetero) is 2. The Morgan fingerprint density at radius 3 is 1.81 bits per heavy atom. The lowest BCUT2D eigenvalue weighted by Crippen LogP contribution is -2.29. The number of aromatic amines is 1. The molecule has 0 saturated heterocycles. The number of ketones is 2. The summed E-state index contributed by atoms with van der Waals surface area (Å²) in [6, 6.07) is 28.4. The second-order valence-electron chi connectivity index (χ2n) is 10.8. The van der Waals surface area contributed by atoms with Crippen molar-refractivity contribution < 1.29 is 19.8 Å². The molecule has 0 bridgehead atoms. The van der Waals surface area contributed by atoms with Crippen LogP contribution in [-0.2, 0) is 12.8 Å². The zero-order valence-electron chi connectivity index (χ0n) is 24.5. The number of aliphatic hydroxyl groups excluding tert-OH is 2. The molecule has 220 valence electrons. The quantitative estimate of drug-likeness (QED) is 0.170. The highest BCUT2D eigenvalue weighted by molar-refractivity contribution is 5.99. The predicted octanol–water partition coefficient (Wildman–Crippen LogP) is 4.94. The van der Waals surface area contributed by atoms with Crippen molar-refractivity contribution in [2.75, 3.05) is 50.2 Å². The van der Waals surface area contributed by atoms with Gasteiger partial charge in [0.15, 0.2) is 11.6 Å². The fourth-order valence-corrected chi connectivity index (χ4v) is 5.07. The first kappa shape index (κ1) is 29.7. The van der Waals surface area contributed by atoms with Gasteiger partial charge in [0.1, 0.15) is 5.82 Å². The molecule has 0 radical (unpaired) electrons. The highest BCUT2D eigenvalue weighted by Gasteiger charge is 2.13. The summed E-state index contributed by atoms with van der Waals surface area (Å²) in [5.74, 6) is 0.764. The number of nitrogens with one attached hydrogen (secondary N) is 1. The molecule has 0 amide bonds. The molecule has 0 aliphatic carbocycles. The van der Waals surface area contributed by atoms with Crippen molar-refractivity contribution in [2.45, 2.75) is 12.8 Å². The van der Waals surface area contributed by atoms with E-state index < -0.39 is 0 Å². The van der Waals surface area contributed by atoms with Crippen LogP contribution in [-0.4, -0.2) is 72.1 Å². The molecule has 0 unspecified atom stereocenters. The maximum atomic E-state index is 13.1. The molecule has 5 rings (SSSR count). The number of H-pyrrole nitrogens is 1. The topological polar surface area (TPSA) is 110 Å². The van der Waals surface area contributed by atoms with E-state index in [4.69, 9.17) is 4.98 Å². The van der Waals surface area contributed by atoms with Crippen LogP contribution in [0.4, 0.5) is 11.4 Å². The van der Waals surface area contributed by atoms with Crippen LogP contribution in [0.15, 0.2) is 91.0 Å². The van der Waals surface area contributed by atoms with Gasteiger partial charge in [-0.25, -0.2) is 4.98 Å². The van der Waals surface area contributed by atoms with Crippen molar-refractivity contribution >= 4 is 34.0 Å². The molecule has 0 aliphatic rings. The van der Waals surface area contributed by atoms with Gasteiger partial charge in [0, 0.05) is 68.1 Å². The number of aromatic nitrogens is 2. The SMILES string of the molecule is CN(C)c1ccc(C(=O)Cc2ccc(C(=O)Cc3ccc4nc(-c5ccc(N(CCO)CCO)cc5)[nH]c4c3)cc2)cc1. The molecule has 0 aliphatic heterocycles. The third-order valence-electron chi connectivity index (χ3n) is 7.50. The van der Waals surface area contributed by atoms with Crippen molar-refractivity contribution in [3.05, 3.63) is 113 Å². The molecule has 1 aromatic heterocycles. The van der Waals surface area contributed by atoms with Gasteiger partial charge in [0.25, 0.3) is 0 Å². The summed E-state index contributed by atoms with van der Waals surface area (Å²) in [6.07, 6.45) is 0.530. The Balaban J connectivity index is 1.22. The van der Waals surface area contributed by atoms with Crippen molar-refractivity contribution in [3.63, 3.8) is 0 Å². The van der Waals surface area contributed by atoms with Crippen LogP contribution in [0.2, 0.25) is 0 Å². The van der Waals surface area contributed by atoms with Gasteiger partial charge >= 0.3 is 0 Å². The molecular weight excluding hydrogens is 540 g/mol. The lowest BCUT2D eigenvalue weighted by molar-refractivity contribution is 0.0986. The normalized spacial score (nSPS) is 11.1. The zero-order chi connectivity index (χ0) is 30.3. The van der Waals surface area contributed by atoms with E-state index in [9.17, 15) is 19.8 Å². The summed E-state index contributed by atoms with van der Waals surface area (Å²) >= 11 is 0. The van der Waals surface area contributed by atoms with Gasteiger partial charge in [-0.3, -0.25) is 9.59 Å². The number of hydrogen-bond donors (Lipinski definition) is 3. The lowest BCUT2D eigenvalue weighted by Gasteiger charge is -2.22. The molecule has 8 nitrogen and oxygen atoms in total. The number of rotatable bonds is 13. The van der Waals surface area contributed by atoms with Crippen molar-refractivity contribution in [3.8, 4) is 11.4 Å². The van der Waals surface area contributed by atoms with Crippen LogP contribution in [0, 0.1) is 0 Å². The zero-order valence-corrected chi connectivity index (χ0v) is 24.5. The van der Waals surface area contributed by atoms with E-state index in [1.807, 2.05) is 103 Å². The highest BCUT2D eigenvalue weighted by atomic mass is 16.3. The molecule has 0 fully saturated rings. The van der Waals surface area contributed by atoms with Crippen LogP contribution in [0.25, 0.3) is 22.4 Å². The first-order valence-electron chi connectivity index (χ1n) is 14.3. The number of benzene rings is 4. The largest absolute Gasteiger partial charge is 0.395 e. The summed E-state index contributed by atoms with van der Waals surface area (Å²) in [5, 5.41) is 18.6. The standard InChI is InChI=1S/C35H36N4O4/c1-38(2)29-12-8-27(9-13-29)33(42)22-24-3-6-26(7-4-24)34(43)23-25-5-16-31-32(21-25)37-35(36-31)28-10-14-30(15-11-28)39(17-19-40)18-20-41/h3-16,21,40-41H,17-20,22-23H2,1-2H3,(H,36,37). The van der Waals surface area contributed by atoms with Gasteiger partial charge in [-0.1, -0.05) is 30.3 Å². The van der Waals surface area contributed by atoms with Crippen molar-refractivity contribution in [1.82, 2.24) is 9.97 Å². The number of carbonyl (C=O) groups is 2. The first-order chi connectivity index (χ1) is 20.8. The number of hydrogen-bond acceptors (Lipinski definition) is 7. The minimum atomic E-state index is 0.00198. The number of nitrogens with zero attached hydrogens (tertiary/aromatic N) is 3. The molecule has 1 heterocycles. The van der Waals surface area contributed by atoms with Gasteiger partial charge < -0.3 is 25.0 Å². The van der Waals surface area contributed by atoms with E-state index in [0.717, 1.165) is 44.9 Å². The van der Waals surface area contributed by atoms with Gasteiger partial charge in [0.05, 0.1) is 24.2 Å². The molecule has 3 N–H and O–H groups in total.